The molecule has 0 aliphatic carbocycles. The van der Waals surface area contributed by atoms with E-state index in [1.165, 1.54) is 25.7 Å². The first-order valence-electron chi connectivity index (χ1n) is 6.04. The largest absolute Gasteiger partial charge is 0.481 e. The Morgan fingerprint density at radius 1 is 1.20 bits per heavy atom. The zero-order valence-corrected chi connectivity index (χ0v) is 10.00. The van der Waals surface area contributed by atoms with Crippen molar-refractivity contribution in [3.63, 3.8) is 0 Å². The molecular weight excluding hydrogens is 192 g/mol. The summed E-state index contributed by atoms with van der Waals surface area (Å²) in [7, 11) is 0. The number of carbonyl (C=O) groups is 1. The van der Waals surface area contributed by atoms with Gasteiger partial charge in [0.05, 0.1) is 12.5 Å². The summed E-state index contributed by atoms with van der Waals surface area (Å²) in [4.78, 5) is 10.5. The van der Waals surface area contributed by atoms with E-state index in [0.717, 1.165) is 12.8 Å². The molecule has 15 heavy (non-hydrogen) atoms. The van der Waals surface area contributed by atoms with Crippen LogP contribution >= 0.6 is 0 Å². The molecule has 0 amide bonds. The van der Waals surface area contributed by atoms with E-state index in [0.29, 0.717) is 6.61 Å². The number of hydrogen-bond acceptors (Lipinski definition) is 2. The summed E-state index contributed by atoms with van der Waals surface area (Å²) in [6, 6.07) is 0. The number of ether oxygens (including phenoxy) is 1. The van der Waals surface area contributed by atoms with Gasteiger partial charge in [0.15, 0.2) is 0 Å². The standard InChI is InChI=1S/C12H24O3/c1-3-5-6-7-8-9-15-11(4-2)10-12(13)14/h11H,3-10H2,1-2H3,(H,13,14). The van der Waals surface area contributed by atoms with Crippen LogP contribution < -0.4 is 0 Å². The second-order valence-corrected chi connectivity index (χ2v) is 3.91. The molecule has 0 radical (unpaired) electrons. The highest BCUT2D eigenvalue weighted by Gasteiger charge is 2.10. The summed E-state index contributed by atoms with van der Waals surface area (Å²) in [5.41, 5.74) is 0. The molecule has 0 aromatic rings. The molecule has 90 valence electrons. The van der Waals surface area contributed by atoms with Gasteiger partial charge < -0.3 is 9.84 Å². The number of hydrogen-bond donors (Lipinski definition) is 1. The Morgan fingerprint density at radius 2 is 1.87 bits per heavy atom. The fourth-order valence-corrected chi connectivity index (χ4v) is 1.47. The van der Waals surface area contributed by atoms with Crippen LogP contribution in [0.2, 0.25) is 0 Å². The van der Waals surface area contributed by atoms with Gasteiger partial charge in [-0.25, -0.2) is 0 Å². The lowest BCUT2D eigenvalue weighted by Crippen LogP contribution is -2.17. The fraction of sp³-hybridized carbons (Fsp3) is 0.917. The van der Waals surface area contributed by atoms with Gasteiger partial charge in [-0.15, -0.1) is 0 Å². The first kappa shape index (κ1) is 14.4. The van der Waals surface area contributed by atoms with Gasteiger partial charge in [-0.05, 0) is 12.8 Å². The minimum Gasteiger partial charge on any atom is -0.481 e. The highest BCUT2D eigenvalue weighted by molar-refractivity contribution is 5.67. The van der Waals surface area contributed by atoms with Crippen molar-refractivity contribution in [1.29, 1.82) is 0 Å². The third-order valence-electron chi connectivity index (χ3n) is 2.46. The number of carboxylic acids is 1. The number of rotatable bonds is 10. The lowest BCUT2D eigenvalue weighted by Gasteiger charge is -2.13. The quantitative estimate of drug-likeness (QED) is 0.570. The summed E-state index contributed by atoms with van der Waals surface area (Å²) in [5, 5.41) is 8.61. The minimum atomic E-state index is -0.771. The lowest BCUT2D eigenvalue weighted by molar-refractivity contribution is -0.140. The number of carboxylic acid groups (broad SMARTS) is 1. The maximum absolute atomic E-state index is 10.5. The van der Waals surface area contributed by atoms with Crippen LogP contribution in [0.3, 0.4) is 0 Å². The Morgan fingerprint density at radius 3 is 2.40 bits per heavy atom. The Labute approximate surface area is 92.8 Å². The fourth-order valence-electron chi connectivity index (χ4n) is 1.47. The zero-order valence-electron chi connectivity index (χ0n) is 10.00. The van der Waals surface area contributed by atoms with Crippen molar-refractivity contribution in [2.24, 2.45) is 0 Å². The molecule has 0 aliphatic heterocycles. The van der Waals surface area contributed by atoms with Crippen LogP contribution in [0.5, 0.6) is 0 Å². The SMILES string of the molecule is CCCCCCCOC(CC)CC(=O)O. The van der Waals surface area contributed by atoms with Crippen molar-refractivity contribution in [2.75, 3.05) is 6.61 Å². The normalized spacial score (nSPS) is 12.7. The van der Waals surface area contributed by atoms with Gasteiger partial charge in [0, 0.05) is 6.61 Å². The summed E-state index contributed by atoms with van der Waals surface area (Å²) in [6.07, 6.45) is 6.84. The van der Waals surface area contributed by atoms with Gasteiger partial charge in [-0.2, -0.15) is 0 Å². The van der Waals surface area contributed by atoms with Gasteiger partial charge in [0.25, 0.3) is 0 Å². The van der Waals surface area contributed by atoms with Crippen LogP contribution in [0, 0.1) is 0 Å². The molecule has 0 bridgehead atoms. The van der Waals surface area contributed by atoms with Crippen molar-refractivity contribution in [2.45, 2.75) is 64.9 Å². The molecule has 0 aromatic heterocycles. The molecule has 0 saturated carbocycles. The van der Waals surface area contributed by atoms with Gasteiger partial charge >= 0.3 is 5.97 Å². The summed E-state index contributed by atoms with van der Waals surface area (Å²) >= 11 is 0. The lowest BCUT2D eigenvalue weighted by atomic mass is 10.1. The van der Waals surface area contributed by atoms with Crippen molar-refractivity contribution < 1.29 is 14.6 Å². The molecule has 0 rings (SSSR count). The topological polar surface area (TPSA) is 46.5 Å². The smallest absolute Gasteiger partial charge is 0.305 e. The van der Waals surface area contributed by atoms with E-state index in [1.807, 2.05) is 6.92 Å². The predicted octanol–water partition coefficient (Wildman–Crippen LogP) is 3.23. The predicted molar refractivity (Wildman–Crippen MR) is 61.0 cm³/mol. The third-order valence-corrected chi connectivity index (χ3v) is 2.46. The van der Waals surface area contributed by atoms with Gasteiger partial charge in [0.1, 0.15) is 0 Å². The average Bonchev–Trinajstić information content (AvgIpc) is 2.20. The van der Waals surface area contributed by atoms with E-state index in [9.17, 15) is 4.79 Å². The zero-order chi connectivity index (χ0) is 11.5. The number of aliphatic carboxylic acids is 1. The van der Waals surface area contributed by atoms with Crippen molar-refractivity contribution >= 4 is 5.97 Å². The minimum absolute atomic E-state index is 0.103. The Bertz CT molecular complexity index is 157. The van der Waals surface area contributed by atoms with Crippen LogP contribution in [0.4, 0.5) is 0 Å². The molecule has 0 heterocycles. The molecule has 0 spiro atoms. The molecule has 0 aliphatic rings. The van der Waals surface area contributed by atoms with E-state index in [-0.39, 0.29) is 12.5 Å². The van der Waals surface area contributed by atoms with Crippen molar-refractivity contribution in [3.05, 3.63) is 0 Å². The average molecular weight is 216 g/mol. The van der Waals surface area contributed by atoms with Crippen LogP contribution in [-0.2, 0) is 9.53 Å². The van der Waals surface area contributed by atoms with E-state index >= 15 is 0 Å². The third kappa shape index (κ3) is 9.73. The van der Waals surface area contributed by atoms with E-state index in [2.05, 4.69) is 6.92 Å². The van der Waals surface area contributed by atoms with Crippen molar-refractivity contribution in [1.82, 2.24) is 0 Å². The van der Waals surface area contributed by atoms with E-state index in [4.69, 9.17) is 9.84 Å². The summed E-state index contributed by atoms with van der Waals surface area (Å²) in [6.45, 7) is 4.86. The first-order chi connectivity index (χ1) is 7.20. The number of unbranched alkanes of at least 4 members (excludes halogenated alkanes) is 4. The molecular formula is C12H24O3. The van der Waals surface area contributed by atoms with Crippen LogP contribution in [0.25, 0.3) is 0 Å². The maximum Gasteiger partial charge on any atom is 0.305 e. The molecule has 1 unspecified atom stereocenters. The van der Waals surface area contributed by atoms with Crippen LogP contribution in [0.15, 0.2) is 0 Å². The molecule has 1 atom stereocenters. The Hall–Kier alpha value is -0.570. The second kappa shape index (κ2) is 9.97. The second-order valence-electron chi connectivity index (χ2n) is 3.91. The van der Waals surface area contributed by atoms with E-state index < -0.39 is 5.97 Å². The summed E-state index contributed by atoms with van der Waals surface area (Å²) in [5.74, 6) is -0.771. The molecule has 0 saturated heterocycles. The van der Waals surface area contributed by atoms with E-state index in [1.54, 1.807) is 0 Å². The summed E-state index contributed by atoms with van der Waals surface area (Å²) < 4.78 is 5.50. The van der Waals surface area contributed by atoms with Gasteiger partial charge in [-0.3, -0.25) is 4.79 Å². The first-order valence-corrected chi connectivity index (χ1v) is 6.04. The maximum atomic E-state index is 10.5. The highest BCUT2D eigenvalue weighted by Crippen LogP contribution is 2.07. The molecule has 3 heteroatoms. The molecule has 1 N–H and O–H groups in total. The monoisotopic (exact) mass is 216 g/mol. The Balaban J connectivity index is 3.34. The molecule has 0 aromatic carbocycles. The molecule has 3 nitrogen and oxygen atoms in total. The molecule has 0 fully saturated rings. The Kier molecular flexibility index (Phi) is 9.59. The van der Waals surface area contributed by atoms with Crippen LogP contribution in [0.1, 0.15) is 58.8 Å². The van der Waals surface area contributed by atoms with Gasteiger partial charge in [-0.1, -0.05) is 39.5 Å². The highest BCUT2D eigenvalue weighted by atomic mass is 16.5. The van der Waals surface area contributed by atoms with Gasteiger partial charge in [0.2, 0.25) is 0 Å². The van der Waals surface area contributed by atoms with Crippen molar-refractivity contribution in [3.8, 4) is 0 Å². The van der Waals surface area contributed by atoms with Crippen LogP contribution in [-0.4, -0.2) is 23.8 Å².